The largest absolute Gasteiger partial charge is 0.481 e. The third-order valence-electron chi connectivity index (χ3n) is 2.86. The molecule has 3 nitrogen and oxygen atoms in total. The molecule has 0 amide bonds. The van der Waals surface area contributed by atoms with Gasteiger partial charge in [0.1, 0.15) is 0 Å². The Labute approximate surface area is 85.2 Å². The fourth-order valence-electron chi connectivity index (χ4n) is 1.93. The molecule has 1 saturated carbocycles. The second-order valence-corrected chi connectivity index (χ2v) is 3.92. The van der Waals surface area contributed by atoms with E-state index in [-0.39, 0.29) is 5.92 Å². The molecule has 0 radical (unpaired) electrons. The van der Waals surface area contributed by atoms with Gasteiger partial charge < -0.3 is 10.4 Å². The Morgan fingerprint density at radius 2 is 2.07 bits per heavy atom. The molecule has 0 aliphatic heterocycles. The normalized spacial score (nSPS) is 27.1. The van der Waals surface area contributed by atoms with E-state index < -0.39 is 5.97 Å². The fourth-order valence-corrected chi connectivity index (χ4v) is 1.93. The molecular weight excluding hydrogens is 178 g/mol. The average molecular weight is 197 g/mol. The number of hydrogen-bond acceptors (Lipinski definition) is 2. The summed E-state index contributed by atoms with van der Waals surface area (Å²) in [5.41, 5.74) is 0. The predicted octanol–water partition coefficient (Wildman–Crippen LogP) is 1.80. The van der Waals surface area contributed by atoms with E-state index in [1.807, 2.05) is 6.08 Å². The summed E-state index contributed by atoms with van der Waals surface area (Å²) in [5, 5.41) is 12.2. The lowest BCUT2D eigenvalue weighted by molar-refractivity contribution is -0.142. The van der Waals surface area contributed by atoms with Crippen molar-refractivity contribution in [3.63, 3.8) is 0 Å². The van der Waals surface area contributed by atoms with Gasteiger partial charge in [-0.1, -0.05) is 6.08 Å². The van der Waals surface area contributed by atoms with Gasteiger partial charge in [0, 0.05) is 6.04 Å². The summed E-state index contributed by atoms with van der Waals surface area (Å²) in [6.07, 6.45) is 6.51. The summed E-state index contributed by atoms with van der Waals surface area (Å²) in [6, 6.07) is 0.519. The van der Waals surface area contributed by atoms with Gasteiger partial charge in [-0.15, -0.1) is 6.58 Å². The SMILES string of the molecule is C=CCCNC1CCC(C(=O)O)CC1. The van der Waals surface area contributed by atoms with Crippen molar-refractivity contribution < 1.29 is 9.90 Å². The van der Waals surface area contributed by atoms with E-state index in [0.717, 1.165) is 38.6 Å². The minimum Gasteiger partial charge on any atom is -0.481 e. The number of hydrogen-bond donors (Lipinski definition) is 2. The van der Waals surface area contributed by atoms with Crippen LogP contribution in [-0.4, -0.2) is 23.7 Å². The number of carboxylic acid groups (broad SMARTS) is 1. The van der Waals surface area contributed by atoms with Crippen LogP contribution in [0.4, 0.5) is 0 Å². The van der Waals surface area contributed by atoms with Crippen LogP contribution in [0, 0.1) is 5.92 Å². The highest BCUT2D eigenvalue weighted by Crippen LogP contribution is 2.24. The van der Waals surface area contributed by atoms with Crippen LogP contribution in [0.15, 0.2) is 12.7 Å². The molecule has 3 heteroatoms. The fraction of sp³-hybridized carbons (Fsp3) is 0.727. The molecule has 0 spiro atoms. The minimum atomic E-state index is -0.630. The molecule has 0 aromatic heterocycles. The summed E-state index contributed by atoms with van der Waals surface area (Å²) < 4.78 is 0. The van der Waals surface area contributed by atoms with Crippen molar-refractivity contribution in [3.05, 3.63) is 12.7 Å². The second-order valence-electron chi connectivity index (χ2n) is 3.92. The lowest BCUT2D eigenvalue weighted by atomic mass is 9.86. The smallest absolute Gasteiger partial charge is 0.306 e. The molecule has 2 N–H and O–H groups in total. The van der Waals surface area contributed by atoms with Gasteiger partial charge in [0.05, 0.1) is 5.92 Å². The Bertz CT molecular complexity index is 195. The predicted molar refractivity (Wildman–Crippen MR) is 56.2 cm³/mol. The number of aliphatic carboxylic acids is 1. The standard InChI is InChI=1S/C11H19NO2/c1-2-3-8-12-10-6-4-9(5-7-10)11(13)14/h2,9-10,12H,1,3-8H2,(H,13,14). The maximum atomic E-state index is 10.7. The number of nitrogens with one attached hydrogen (secondary N) is 1. The maximum Gasteiger partial charge on any atom is 0.306 e. The van der Waals surface area contributed by atoms with Crippen molar-refractivity contribution in [1.29, 1.82) is 0 Å². The molecule has 0 atom stereocenters. The van der Waals surface area contributed by atoms with E-state index in [4.69, 9.17) is 5.11 Å². The van der Waals surface area contributed by atoms with Crippen molar-refractivity contribution in [2.24, 2.45) is 5.92 Å². The third-order valence-corrected chi connectivity index (χ3v) is 2.86. The first kappa shape index (κ1) is 11.2. The maximum absolute atomic E-state index is 10.7. The summed E-state index contributed by atoms with van der Waals surface area (Å²) >= 11 is 0. The first-order valence-corrected chi connectivity index (χ1v) is 5.31. The lowest BCUT2D eigenvalue weighted by Gasteiger charge is -2.26. The van der Waals surface area contributed by atoms with Crippen LogP contribution in [0.5, 0.6) is 0 Å². The number of carbonyl (C=O) groups is 1. The van der Waals surface area contributed by atoms with Gasteiger partial charge in [-0.3, -0.25) is 4.79 Å². The van der Waals surface area contributed by atoms with Gasteiger partial charge in [0.15, 0.2) is 0 Å². The highest BCUT2D eigenvalue weighted by atomic mass is 16.4. The van der Waals surface area contributed by atoms with Crippen LogP contribution in [0.3, 0.4) is 0 Å². The van der Waals surface area contributed by atoms with Crippen LogP contribution in [-0.2, 0) is 4.79 Å². The molecule has 1 rings (SSSR count). The number of carboxylic acids is 1. The van der Waals surface area contributed by atoms with Crippen molar-refractivity contribution in [2.75, 3.05) is 6.54 Å². The minimum absolute atomic E-state index is 0.104. The molecular formula is C11H19NO2. The molecule has 0 saturated heterocycles. The number of rotatable bonds is 5. The van der Waals surface area contributed by atoms with Crippen LogP contribution in [0.25, 0.3) is 0 Å². The van der Waals surface area contributed by atoms with E-state index in [1.165, 1.54) is 0 Å². The van der Waals surface area contributed by atoms with Crippen molar-refractivity contribution in [1.82, 2.24) is 5.32 Å². The zero-order valence-corrected chi connectivity index (χ0v) is 8.54. The van der Waals surface area contributed by atoms with Crippen LogP contribution in [0.2, 0.25) is 0 Å². The van der Waals surface area contributed by atoms with Crippen LogP contribution >= 0.6 is 0 Å². The van der Waals surface area contributed by atoms with E-state index in [2.05, 4.69) is 11.9 Å². The molecule has 80 valence electrons. The van der Waals surface area contributed by atoms with E-state index >= 15 is 0 Å². The van der Waals surface area contributed by atoms with Crippen LogP contribution in [0.1, 0.15) is 32.1 Å². The Hall–Kier alpha value is -0.830. The summed E-state index contributed by atoms with van der Waals surface area (Å²) in [7, 11) is 0. The quantitative estimate of drug-likeness (QED) is 0.522. The van der Waals surface area contributed by atoms with E-state index in [1.54, 1.807) is 0 Å². The zero-order valence-electron chi connectivity index (χ0n) is 8.54. The van der Waals surface area contributed by atoms with Gasteiger partial charge >= 0.3 is 5.97 Å². The lowest BCUT2D eigenvalue weighted by Crippen LogP contribution is -2.35. The van der Waals surface area contributed by atoms with Crippen molar-refractivity contribution >= 4 is 5.97 Å². The van der Waals surface area contributed by atoms with Gasteiger partial charge in [0.2, 0.25) is 0 Å². The molecule has 0 aromatic rings. The summed E-state index contributed by atoms with van der Waals surface area (Å²) in [4.78, 5) is 10.7. The Kier molecular flexibility index (Phi) is 4.66. The molecule has 0 aromatic carbocycles. The van der Waals surface area contributed by atoms with Crippen molar-refractivity contribution in [2.45, 2.75) is 38.1 Å². The topological polar surface area (TPSA) is 49.3 Å². The Morgan fingerprint density at radius 3 is 2.57 bits per heavy atom. The Morgan fingerprint density at radius 1 is 1.43 bits per heavy atom. The molecule has 0 heterocycles. The molecule has 0 bridgehead atoms. The van der Waals surface area contributed by atoms with Gasteiger partial charge in [-0.25, -0.2) is 0 Å². The van der Waals surface area contributed by atoms with Crippen molar-refractivity contribution in [3.8, 4) is 0 Å². The molecule has 0 unspecified atom stereocenters. The first-order valence-electron chi connectivity index (χ1n) is 5.31. The summed E-state index contributed by atoms with van der Waals surface area (Å²) in [5.74, 6) is -0.734. The average Bonchev–Trinajstić information content (AvgIpc) is 2.19. The van der Waals surface area contributed by atoms with Gasteiger partial charge in [-0.2, -0.15) is 0 Å². The first-order chi connectivity index (χ1) is 6.74. The Balaban J connectivity index is 2.15. The van der Waals surface area contributed by atoms with Crippen LogP contribution < -0.4 is 5.32 Å². The van der Waals surface area contributed by atoms with Gasteiger partial charge in [-0.05, 0) is 38.6 Å². The molecule has 14 heavy (non-hydrogen) atoms. The van der Waals surface area contributed by atoms with E-state index in [0.29, 0.717) is 6.04 Å². The zero-order chi connectivity index (χ0) is 10.4. The molecule has 1 fully saturated rings. The molecule has 1 aliphatic carbocycles. The molecule has 1 aliphatic rings. The van der Waals surface area contributed by atoms with E-state index in [9.17, 15) is 4.79 Å². The highest BCUT2D eigenvalue weighted by molar-refractivity contribution is 5.70. The van der Waals surface area contributed by atoms with Gasteiger partial charge in [0.25, 0.3) is 0 Å². The monoisotopic (exact) mass is 197 g/mol. The third kappa shape index (κ3) is 3.50. The highest BCUT2D eigenvalue weighted by Gasteiger charge is 2.25. The summed E-state index contributed by atoms with van der Waals surface area (Å²) in [6.45, 7) is 4.63. The second kappa shape index (κ2) is 5.81.